The number of aromatic nitrogens is 1. The molecule has 82 valence electrons. The molecule has 1 aliphatic heterocycles. The van der Waals surface area contributed by atoms with Gasteiger partial charge in [-0.25, -0.2) is 4.98 Å². The lowest BCUT2D eigenvalue weighted by molar-refractivity contribution is -0.133. The first-order chi connectivity index (χ1) is 7.16. The van der Waals surface area contributed by atoms with E-state index in [4.69, 9.17) is 0 Å². The molecule has 0 radical (unpaired) electrons. The van der Waals surface area contributed by atoms with Crippen LogP contribution in [0.5, 0.6) is 0 Å². The molecule has 0 bridgehead atoms. The van der Waals surface area contributed by atoms with Gasteiger partial charge in [0.1, 0.15) is 5.01 Å². The molecule has 1 atom stereocenters. The van der Waals surface area contributed by atoms with Crippen LogP contribution in [0.1, 0.15) is 22.7 Å². The number of piperidine rings is 1. The summed E-state index contributed by atoms with van der Waals surface area (Å²) in [6.45, 7) is 3.56. The third-order valence-electron chi connectivity index (χ3n) is 2.46. The molecule has 0 saturated carbocycles. The van der Waals surface area contributed by atoms with Crippen LogP contribution in [0.2, 0.25) is 0 Å². The highest BCUT2D eigenvalue weighted by atomic mass is 79.9. The topological polar surface area (TPSA) is 33.2 Å². The molecule has 0 aromatic carbocycles. The number of rotatable bonds is 2. The van der Waals surface area contributed by atoms with Crippen LogP contribution in [0.15, 0.2) is 6.20 Å². The van der Waals surface area contributed by atoms with Gasteiger partial charge in [-0.15, -0.1) is 11.3 Å². The molecular formula is C10H13BrN2OS. The highest BCUT2D eigenvalue weighted by Gasteiger charge is 2.26. The maximum absolute atomic E-state index is 11.8. The fourth-order valence-electron chi connectivity index (χ4n) is 1.69. The van der Waals surface area contributed by atoms with Crippen LogP contribution in [-0.4, -0.2) is 27.2 Å². The van der Waals surface area contributed by atoms with Crippen LogP contribution in [0.4, 0.5) is 0 Å². The van der Waals surface area contributed by atoms with E-state index < -0.39 is 0 Å². The molecule has 0 N–H and O–H groups in total. The molecule has 5 heteroatoms. The predicted octanol–water partition coefficient (Wildman–Crippen LogP) is 2.34. The standard InChI is InChI=1S/C10H13BrN2OS/c1-7-5-12-9(15-7)6-13-4-2-3-8(11)10(13)14/h5,8H,2-4,6H2,1H3. The molecule has 0 aliphatic carbocycles. The summed E-state index contributed by atoms with van der Waals surface area (Å²) in [4.78, 5) is 19.2. The smallest absolute Gasteiger partial charge is 0.236 e. The van der Waals surface area contributed by atoms with Crippen LogP contribution in [0.25, 0.3) is 0 Å². The van der Waals surface area contributed by atoms with Crippen molar-refractivity contribution in [3.63, 3.8) is 0 Å². The van der Waals surface area contributed by atoms with E-state index in [-0.39, 0.29) is 10.7 Å². The average molecular weight is 289 g/mol. The Hall–Kier alpha value is -0.420. The van der Waals surface area contributed by atoms with Crippen molar-refractivity contribution >= 4 is 33.2 Å². The zero-order valence-electron chi connectivity index (χ0n) is 8.57. The number of alkyl halides is 1. The Balaban J connectivity index is 2.02. The maximum atomic E-state index is 11.8. The van der Waals surface area contributed by atoms with Gasteiger partial charge in [-0.3, -0.25) is 4.79 Å². The number of likely N-dealkylation sites (tertiary alicyclic amines) is 1. The first kappa shape index (κ1) is 11.1. The summed E-state index contributed by atoms with van der Waals surface area (Å²) in [5.74, 6) is 0.203. The number of amides is 1. The molecule has 1 amide bonds. The van der Waals surface area contributed by atoms with Crippen molar-refractivity contribution in [3.05, 3.63) is 16.1 Å². The van der Waals surface area contributed by atoms with Crippen molar-refractivity contribution < 1.29 is 4.79 Å². The summed E-state index contributed by atoms with van der Waals surface area (Å²) in [6, 6.07) is 0. The molecule has 1 aromatic rings. The summed E-state index contributed by atoms with van der Waals surface area (Å²) < 4.78 is 0. The van der Waals surface area contributed by atoms with Crippen molar-refractivity contribution in [2.24, 2.45) is 0 Å². The molecule has 1 unspecified atom stereocenters. The van der Waals surface area contributed by atoms with Gasteiger partial charge in [0.15, 0.2) is 0 Å². The van der Waals surface area contributed by atoms with Crippen LogP contribution >= 0.6 is 27.3 Å². The maximum Gasteiger partial charge on any atom is 0.236 e. The number of nitrogens with zero attached hydrogens (tertiary/aromatic N) is 2. The van der Waals surface area contributed by atoms with Gasteiger partial charge >= 0.3 is 0 Å². The summed E-state index contributed by atoms with van der Waals surface area (Å²) in [7, 11) is 0. The Labute approximate surface area is 102 Å². The van der Waals surface area contributed by atoms with Gasteiger partial charge < -0.3 is 4.90 Å². The van der Waals surface area contributed by atoms with Gasteiger partial charge in [-0.2, -0.15) is 0 Å². The average Bonchev–Trinajstić information content (AvgIpc) is 2.59. The Kier molecular flexibility index (Phi) is 3.41. The van der Waals surface area contributed by atoms with Gasteiger partial charge in [-0.05, 0) is 19.8 Å². The number of aryl methyl sites for hydroxylation is 1. The number of thiazole rings is 1. The van der Waals surface area contributed by atoms with E-state index in [9.17, 15) is 4.79 Å². The van der Waals surface area contributed by atoms with E-state index in [0.717, 1.165) is 24.4 Å². The summed E-state index contributed by atoms with van der Waals surface area (Å²) in [5, 5.41) is 1.03. The van der Waals surface area contributed by atoms with Crippen LogP contribution in [-0.2, 0) is 11.3 Å². The quantitative estimate of drug-likeness (QED) is 0.783. The van der Waals surface area contributed by atoms with E-state index in [1.807, 2.05) is 18.0 Å². The zero-order chi connectivity index (χ0) is 10.8. The highest BCUT2D eigenvalue weighted by Crippen LogP contribution is 2.21. The van der Waals surface area contributed by atoms with Crippen LogP contribution < -0.4 is 0 Å². The molecule has 2 rings (SSSR count). The van der Waals surface area contributed by atoms with Crippen molar-refractivity contribution in [2.45, 2.75) is 31.1 Å². The monoisotopic (exact) mass is 288 g/mol. The normalized spacial score (nSPS) is 22.1. The Morgan fingerprint density at radius 1 is 1.73 bits per heavy atom. The largest absolute Gasteiger partial charge is 0.335 e. The second-order valence-corrected chi connectivity index (χ2v) is 6.16. The second kappa shape index (κ2) is 4.61. The van der Waals surface area contributed by atoms with Gasteiger partial charge in [0.2, 0.25) is 5.91 Å². The lowest BCUT2D eigenvalue weighted by atomic mass is 10.1. The van der Waals surface area contributed by atoms with E-state index in [2.05, 4.69) is 20.9 Å². The number of carbonyl (C=O) groups excluding carboxylic acids is 1. The van der Waals surface area contributed by atoms with E-state index in [1.54, 1.807) is 11.3 Å². The highest BCUT2D eigenvalue weighted by molar-refractivity contribution is 9.10. The minimum absolute atomic E-state index is 0.00677. The van der Waals surface area contributed by atoms with E-state index in [1.165, 1.54) is 4.88 Å². The van der Waals surface area contributed by atoms with E-state index in [0.29, 0.717) is 6.54 Å². The molecular weight excluding hydrogens is 276 g/mol. The van der Waals surface area contributed by atoms with Crippen molar-refractivity contribution in [1.82, 2.24) is 9.88 Å². The molecule has 1 saturated heterocycles. The van der Waals surface area contributed by atoms with Crippen LogP contribution in [0, 0.1) is 6.92 Å². The lowest BCUT2D eigenvalue weighted by Crippen LogP contribution is -2.41. The Bertz CT molecular complexity index is 366. The summed E-state index contributed by atoms with van der Waals surface area (Å²) in [5.41, 5.74) is 0. The first-order valence-electron chi connectivity index (χ1n) is 5.01. The molecule has 2 heterocycles. The number of hydrogen-bond donors (Lipinski definition) is 0. The van der Waals surface area contributed by atoms with Crippen LogP contribution in [0.3, 0.4) is 0 Å². The lowest BCUT2D eigenvalue weighted by Gasteiger charge is -2.28. The molecule has 15 heavy (non-hydrogen) atoms. The third kappa shape index (κ3) is 2.58. The molecule has 1 fully saturated rings. The summed E-state index contributed by atoms with van der Waals surface area (Å²) >= 11 is 5.07. The number of hydrogen-bond acceptors (Lipinski definition) is 3. The van der Waals surface area contributed by atoms with Crippen molar-refractivity contribution in [3.8, 4) is 0 Å². The zero-order valence-corrected chi connectivity index (χ0v) is 11.0. The van der Waals surface area contributed by atoms with Gasteiger partial charge in [0, 0.05) is 17.6 Å². The fraction of sp³-hybridized carbons (Fsp3) is 0.600. The van der Waals surface area contributed by atoms with Crippen molar-refractivity contribution in [2.75, 3.05) is 6.54 Å². The Morgan fingerprint density at radius 2 is 2.53 bits per heavy atom. The fourth-order valence-corrected chi connectivity index (χ4v) is 3.10. The van der Waals surface area contributed by atoms with Crippen molar-refractivity contribution in [1.29, 1.82) is 0 Å². The first-order valence-corrected chi connectivity index (χ1v) is 6.74. The van der Waals surface area contributed by atoms with E-state index >= 15 is 0 Å². The number of carbonyl (C=O) groups is 1. The van der Waals surface area contributed by atoms with Gasteiger partial charge in [0.25, 0.3) is 0 Å². The predicted molar refractivity (Wildman–Crippen MR) is 64.2 cm³/mol. The minimum atomic E-state index is 0.00677. The molecule has 1 aliphatic rings. The van der Waals surface area contributed by atoms with Gasteiger partial charge in [-0.1, -0.05) is 15.9 Å². The van der Waals surface area contributed by atoms with Gasteiger partial charge in [0.05, 0.1) is 11.4 Å². The Morgan fingerprint density at radius 3 is 3.20 bits per heavy atom. The minimum Gasteiger partial charge on any atom is -0.335 e. The number of halogens is 1. The summed E-state index contributed by atoms with van der Waals surface area (Å²) in [6.07, 6.45) is 3.89. The molecule has 0 spiro atoms. The molecule has 1 aromatic heterocycles. The third-order valence-corrected chi connectivity index (χ3v) is 4.21. The second-order valence-electron chi connectivity index (χ2n) is 3.73. The SMILES string of the molecule is Cc1cnc(CN2CCCC(Br)C2=O)s1. The molecule has 3 nitrogen and oxygen atoms in total.